The van der Waals surface area contributed by atoms with Crippen molar-refractivity contribution in [2.75, 3.05) is 51.9 Å². The summed E-state index contributed by atoms with van der Waals surface area (Å²) in [5, 5.41) is 11.3. The fourth-order valence-corrected chi connectivity index (χ4v) is 6.98. The number of nitrogens with zero attached hydrogens (tertiary/aromatic N) is 8. The number of fused-ring (bicyclic) bond motifs is 2. The molecule has 4 aromatic rings. The van der Waals surface area contributed by atoms with E-state index < -0.39 is 65.5 Å². The lowest BCUT2D eigenvalue weighted by Crippen LogP contribution is -2.36. The molecule has 7 N–H and O–H groups in total. The summed E-state index contributed by atoms with van der Waals surface area (Å²) >= 11 is 0. The van der Waals surface area contributed by atoms with Crippen molar-refractivity contribution >= 4 is 55.4 Å². The Morgan fingerprint density at radius 3 is 2.50 bits per heavy atom. The monoisotopic (exact) mass is 770 g/mol. The Hall–Kier alpha value is -4.61. The zero-order chi connectivity index (χ0) is 37.2. The predicted octanol–water partition coefficient (Wildman–Crippen LogP) is -0.288. The molecule has 6 rings (SSSR count). The second kappa shape index (κ2) is 15.2. The van der Waals surface area contributed by atoms with Crippen LogP contribution in [0.2, 0.25) is 0 Å². The second-order valence-electron chi connectivity index (χ2n) is 10.8. The van der Waals surface area contributed by atoms with Crippen LogP contribution in [0, 0.1) is 0 Å². The largest absolute Gasteiger partial charge is 0.490 e. The Morgan fingerprint density at radius 2 is 1.73 bits per heavy atom. The Bertz CT molecular complexity index is 2120. The number of phosphoric acid groups is 1. The molecule has 4 aromatic heterocycles. The lowest BCUT2D eigenvalue weighted by atomic mass is 10.1. The summed E-state index contributed by atoms with van der Waals surface area (Å²) in [5.74, 6) is -1.03. The molecular formula is C26H32N10O14P2. The molecular weight excluding hydrogens is 738 g/mol. The summed E-state index contributed by atoms with van der Waals surface area (Å²) in [6, 6.07) is 0. The van der Waals surface area contributed by atoms with Gasteiger partial charge in [-0.25, -0.2) is 39.3 Å². The maximum absolute atomic E-state index is 13.2. The SMILES string of the molecule is COC1=C(OC)/C(=C/COP(=O)(O)OCC2OC(n3cnc4c(N)ncnc43)C(O)[C@H]2OP(=O)(O)COCCn2cnc3ncnc(N)c32)OC1=O. The van der Waals surface area contributed by atoms with Gasteiger partial charge >= 0.3 is 21.4 Å². The Balaban J connectivity index is 1.13. The standard InChI is InChI=1S/C26H32N10O14P2/c1-43-19-13(49-26(38)20(19)44-2)3-5-46-52(41,42)47-7-14-18(17(37)25(48-14)36-11-33-15-21(27)29-9-32-24(15)36)50-51(39,40)12-45-6-4-35-10-34-23-16(35)22(28)30-8-31-23/h3,8-11,14,17-18,25,37H,4-7,12H2,1-2H3,(H,39,40)(H,41,42)(H2,27,29,32)(H2,28,30,31)/b13-3-/t14?,17?,18-,25?/m0/s1. The van der Waals surface area contributed by atoms with Crippen LogP contribution < -0.4 is 11.5 Å². The number of carbonyl (C=O) groups is 1. The van der Waals surface area contributed by atoms with Crippen LogP contribution in [0.25, 0.3) is 22.3 Å². The minimum absolute atomic E-state index is 0.0343. The van der Waals surface area contributed by atoms with E-state index in [0.29, 0.717) is 11.2 Å². The maximum atomic E-state index is 13.2. The average molecular weight is 771 g/mol. The molecule has 26 heteroatoms. The molecule has 24 nitrogen and oxygen atoms in total. The number of nitrogens with two attached hydrogens (primary N) is 2. The Kier molecular flexibility index (Phi) is 10.8. The molecule has 2 aliphatic rings. The summed E-state index contributed by atoms with van der Waals surface area (Å²) in [6.45, 7) is -1.33. The molecule has 2 aliphatic heterocycles. The number of phosphoric ester groups is 1. The number of hydrogen-bond donors (Lipinski definition) is 5. The minimum Gasteiger partial charge on any atom is -0.490 e. The molecule has 0 aromatic carbocycles. The highest BCUT2D eigenvalue weighted by atomic mass is 31.2. The van der Waals surface area contributed by atoms with E-state index in [2.05, 4.69) is 29.9 Å². The first-order valence-electron chi connectivity index (χ1n) is 14.9. The van der Waals surface area contributed by atoms with Crippen molar-refractivity contribution in [3.05, 3.63) is 48.7 Å². The average Bonchev–Trinajstić information content (AvgIpc) is 3.86. The van der Waals surface area contributed by atoms with Gasteiger partial charge in [-0.05, 0) is 6.08 Å². The van der Waals surface area contributed by atoms with Crippen molar-refractivity contribution in [1.82, 2.24) is 39.0 Å². The lowest BCUT2D eigenvalue weighted by molar-refractivity contribution is -0.136. The summed E-state index contributed by atoms with van der Waals surface area (Å²) in [6.07, 6.45) is -0.737. The van der Waals surface area contributed by atoms with Crippen LogP contribution in [-0.2, 0) is 57.7 Å². The number of imidazole rings is 2. The van der Waals surface area contributed by atoms with Crippen molar-refractivity contribution in [1.29, 1.82) is 0 Å². The van der Waals surface area contributed by atoms with E-state index in [1.807, 2.05) is 0 Å². The molecule has 0 radical (unpaired) electrons. The zero-order valence-electron chi connectivity index (χ0n) is 27.2. The molecule has 6 atom stereocenters. The van der Waals surface area contributed by atoms with Gasteiger partial charge in [0.1, 0.15) is 48.3 Å². The number of rotatable bonds is 16. The first-order valence-corrected chi connectivity index (χ1v) is 18.2. The van der Waals surface area contributed by atoms with Crippen LogP contribution >= 0.6 is 15.4 Å². The van der Waals surface area contributed by atoms with E-state index in [-0.39, 0.29) is 53.2 Å². The quantitative estimate of drug-likeness (QED) is 0.0555. The first-order chi connectivity index (χ1) is 24.8. The van der Waals surface area contributed by atoms with Gasteiger partial charge in [-0.2, -0.15) is 0 Å². The van der Waals surface area contributed by atoms with E-state index in [1.165, 1.54) is 37.8 Å². The van der Waals surface area contributed by atoms with E-state index in [0.717, 1.165) is 12.4 Å². The molecule has 5 unspecified atom stereocenters. The molecule has 1 fully saturated rings. The minimum atomic E-state index is -4.89. The van der Waals surface area contributed by atoms with Gasteiger partial charge in [-0.1, -0.05) is 0 Å². The van der Waals surface area contributed by atoms with E-state index in [4.69, 9.17) is 48.7 Å². The lowest BCUT2D eigenvalue weighted by Gasteiger charge is -2.24. The van der Waals surface area contributed by atoms with Crippen molar-refractivity contribution in [2.24, 2.45) is 0 Å². The van der Waals surface area contributed by atoms with Gasteiger partial charge in [0, 0.05) is 6.54 Å². The van der Waals surface area contributed by atoms with Crippen LogP contribution in [0.4, 0.5) is 11.6 Å². The fraction of sp³-hybridized carbons (Fsp3) is 0.423. The predicted molar refractivity (Wildman–Crippen MR) is 172 cm³/mol. The summed E-state index contributed by atoms with van der Waals surface area (Å²) < 4.78 is 70.8. The van der Waals surface area contributed by atoms with Gasteiger partial charge in [-0.15, -0.1) is 0 Å². The first kappa shape index (κ1) is 37.2. The molecule has 0 spiro atoms. The van der Waals surface area contributed by atoms with Crippen LogP contribution in [-0.4, -0.2) is 119 Å². The topological polar surface area (TPSA) is 325 Å². The van der Waals surface area contributed by atoms with E-state index in [1.54, 1.807) is 4.57 Å². The highest BCUT2D eigenvalue weighted by Crippen LogP contribution is 2.49. The maximum Gasteiger partial charge on any atom is 0.472 e. The van der Waals surface area contributed by atoms with Gasteiger partial charge in [0.15, 0.2) is 34.9 Å². The smallest absolute Gasteiger partial charge is 0.472 e. The number of aliphatic hydroxyl groups is 1. The van der Waals surface area contributed by atoms with Gasteiger partial charge in [-0.3, -0.25) is 22.7 Å². The number of cyclic esters (lactones) is 1. The molecule has 0 bridgehead atoms. The Morgan fingerprint density at radius 1 is 0.981 bits per heavy atom. The number of aliphatic hydroxyl groups excluding tert-OH is 1. The number of ether oxygens (including phenoxy) is 5. The third-order valence-electron chi connectivity index (χ3n) is 7.56. The Labute approximate surface area is 292 Å². The summed E-state index contributed by atoms with van der Waals surface area (Å²) in [4.78, 5) is 57.2. The van der Waals surface area contributed by atoms with E-state index in [9.17, 15) is 28.8 Å². The third kappa shape index (κ3) is 7.76. The molecule has 1 saturated heterocycles. The molecule has 0 amide bonds. The highest BCUT2D eigenvalue weighted by Gasteiger charge is 2.49. The summed E-state index contributed by atoms with van der Waals surface area (Å²) in [5.41, 5.74) is 12.9. The van der Waals surface area contributed by atoms with E-state index >= 15 is 0 Å². The number of nitrogen functional groups attached to an aromatic ring is 2. The van der Waals surface area contributed by atoms with Crippen molar-refractivity contribution in [3.8, 4) is 0 Å². The fourth-order valence-electron chi connectivity index (χ4n) is 5.25. The third-order valence-corrected chi connectivity index (χ3v) is 9.59. The van der Waals surface area contributed by atoms with Gasteiger partial charge in [0.2, 0.25) is 5.76 Å². The number of anilines is 2. The van der Waals surface area contributed by atoms with Crippen molar-refractivity contribution in [3.63, 3.8) is 0 Å². The van der Waals surface area contributed by atoms with Crippen molar-refractivity contribution in [2.45, 2.75) is 31.1 Å². The number of hydrogen-bond acceptors (Lipinski definition) is 20. The number of methoxy groups -OCH3 is 2. The normalized spacial score (nSPS) is 23.7. The van der Waals surface area contributed by atoms with Crippen LogP contribution in [0.1, 0.15) is 6.23 Å². The highest BCUT2D eigenvalue weighted by molar-refractivity contribution is 7.52. The zero-order valence-corrected chi connectivity index (χ0v) is 29.0. The van der Waals surface area contributed by atoms with Gasteiger partial charge < -0.3 is 54.6 Å². The molecule has 280 valence electrons. The van der Waals surface area contributed by atoms with Crippen LogP contribution in [0.3, 0.4) is 0 Å². The van der Waals surface area contributed by atoms with Crippen molar-refractivity contribution < 1.29 is 66.1 Å². The second-order valence-corrected chi connectivity index (χ2v) is 14.0. The number of aromatic nitrogens is 8. The number of carbonyl (C=O) groups excluding carboxylic acids is 1. The van der Waals surface area contributed by atoms with Crippen LogP contribution in [0.5, 0.6) is 0 Å². The summed E-state index contributed by atoms with van der Waals surface area (Å²) in [7, 11) is -7.05. The number of esters is 1. The van der Waals surface area contributed by atoms with Gasteiger partial charge in [0.25, 0.3) is 5.76 Å². The van der Waals surface area contributed by atoms with Crippen LogP contribution in [0.15, 0.2) is 48.7 Å². The molecule has 52 heavy (non-hydrogen) atoms. The van der Waals surface area contributed by atoms with Gasteiger partial charge in [0.05, 0.1) is 46.7 Å². The molecule has 6 heterocycles. The molecule has 0 saturated carbocycles. The molecule has 0 aliphatic carbocycles.